The normalized spacial score (nSPS) is 15.8. The van der Waals surface area contributed by atoms with Crippen molar-refractivity contribution in [3.8, 4) is 6.07 Å². The number of anilines is 1. The molecule has 3 N–H and O–H groups in total. The lowest BCUT2D eigenvalue weighted by Gasteiger charge is -2.17. The summed E-state index contributed by atoms with van der Waals surface area (Å²) >= 11 is 0. The Morgan fingerprint density at radius 2 is 2.44 bits per heavy atom. The number of nitrogens with zero attached hydrogens (tertiary/aromatic N) is 3. The lowest BCUT2D eigenvalue weighted by atomic mass is 10.1. The van der Waals surface area contributed by atoms with Crippen LogP contribution in [0, 0.1) is 27.4 Å². The minimum absolute atomic E-state index is 0.0751. The van der Waals surface area contributed by atoms with Crippen molar-refractivity contribution in [2.45, 2.75) is 18.9 Å². The molecule has 1 saturated carbocycles. The lowest BCUT2D eigenvalue weighted by molar-refractivity contribution is -0.385. The highest BCUT2D eigenvalue weighted by Gasteiger charge is 2.31. The van der Waals surface area contributed by atoms with Gasteiger partial charge in [-0.05, 0) is 18.8 Å². The third-order valence-electron chi connectivity index (χ3n) is 2.97. The van der Waals surface area contributed by atoms with E-state index in [0.29, 0.717) is 18.3 Å². The maximum absolute atomic E-state index is 10.6. The molecule has 0 aromatic carbocycles. The fourth-order valence-electron chi connectivity index (χ4n) is 1.80. The zero-order valence-electron chi connectivity index (χ0n) is 9.67. The minimum atomic E-state index is -0.571. The van der Waals surface area contributed by atoms with Crippen molar-refractivity contribution in [1.29, 1.82) is 5.26 Å². The van der Waals surface area contributed by atoms with Crippen LogP contribution in [0.15, 0.2) is 12.3 Å². The van der Waals surface area contributed by atoms with Crippen LogP contribution in [0.2, 0.25) is 0 Å². The average Bonchev–Trinajstić information content (AvgIpc) is 3.20. The van der Waals surface area contributed by atoms with Gasteiger partial charge in [-0.3, -0.25) is 10.1 Å². The van der Waals surface area contributed by atoms with Crippen molar-refractivity contribution in [3.63, 3.8) is 0 Å². The van der Waals surface area contributed by atoms with E-state index in [0.717, 1.165) is 19.0 Å². The number of rotatable bonds is 5. The standard InChI is InChI=1S/C11H13N5O2/c12-4-8-3-9(16(17)18)6-14-11(8)15-10(5-13)7-1-2-7/h3,6-7,10H,1-2,5,13H2,(H,14,15). The predicted molar refractivity (Wildman–Crippen MR) is 64.8 cm³/mol. The maximum atomic E-state index is 10.6. The second kappa shape index (κ2) is 4.98. The molecule has 1 unspecified atom stereocenters. The van der Waals surface area contributed by atoms with Gasteiger partial charge >= 0.3 is 0 Å². The molecule has 1 heterocycles. The lowest BCUT2D eigenvalue weighted by Crippen LogP contribution is -2.31. The summed E-state index contributed by atoms with van der Waals surface area (Å²) < 4.78 is 0. The Labute approximate surface area is 104 Å². The summed E-state index contributed by atoms with van der Waals surface area (Å²) in [5, 5.41) is 22.7. The van der Waals surface area contributed by atoms with Gasteiger partial charge in [0.15, 0.2) is 0 Å². The SMILES string of the molecule is N#Cc1cc([N+](=O)[O-])cnc1NC(CN)C1CC1. The van der Waals surface area contributed by atoms with Gasteiger partial charge < -0.3 is 11.1 Å². The molecular weight excluding hydrogens is 234 g/mol. The Bertz CT molecular complexity index is 507. The van der Waals surface area contributed by atoms with Gasteiger partial charge in [-0.15, -0.1) is 0 Å². The third-order valence-corrected chi connectivity index (χ3v) is 2.97. The third kappa shape index (κ3) is 2.55. The predicted octanol–water partition coefficient (Wildman–Crippen LogP) is 1.01. The summed E-state index contributed by atoms with van der Waals surface area (Å²) in [6, 6.07) is 3.20. The van der Waals surface area contributed by atoms with Crippen LogP contribution in [0.4, 0.5) is 11.5 Å². The van der Waals surface area contributed by atoms with E-state index in [-0.39, 0.29) is 17.3 Å². The highest BCUT2D eigenvalue weighted by Crippen LogP contribution is 2.34. The number of pyridine rings is 1. The first-order valence-corrected chi connectivity index (χ1v) is 5.67. The van der Waals surface area contributed by atoms with Crippen molar-refractivity contribution < 1.29 is 4.92 Å². The van der Waals surface area contributed by atoms with E-state index in [1.54, 1.807) is 0 Å². The van der Waals surface area contributed by atoms with Gasteiger partial charge in [0.2, 0.25) is 0 Å². The molecule has 1 aromatic heterocycles. The second-order valence-corrected chi connectivity index (χ2v) is 4.28. The molecule has 1 atom stereocenters. The van der Waals surface area contributed by atoms with Crippen LogP contribution in [-0.4, -0.2) is 22.5 Å². The zero-order valence-corrected chi connectivity index (χ0v) is 9.67. The van der Waals surface area contributed by atoms with Crippen LogP contribution in [0.1, 0.15) is 18.4 Å². The van der Waals surface area contributed by atoms with E-state index < -0.39 is 4.92 Å². The first kappa shape index (κ1) is 12.3. The first-order valence-electron chi connectivity index (χ1n) is 5.67. The van der Waals surface area contributed by atoms with Crippen molar-refractivity contribution >= 4 is 11.5 Å². The van der Waals surface area contributed by atoms with Crippen LogP contribution in [0.25, 0.3) is 0 Å². The van der Waals surface area contributed by atoms with Gasteiger partial charge in [-0.25, -0.2) is 4.98 Å². The van der Waals surface area contributed by atoms with Crippen LogP contribution in [0.3, 0.4) is 0 Å². The molecule has 1 aliphatic carbocycles. The highest BCUT2D eigenvalue weighted by molar-refractivity contribution is 5.56. The van der Waals surface area contributed by atoms with Gasteiger partial charge in [0.1, 0.15) is 23.6 Å². The number of nitro groups is 1. The largest absolute Gasteiger partial charge is 0.365 e. The van der Waals surface area contributed by atoms with E-state index in [1.807, 2.05) is 6.07 Å². The summed E-state index contributed by atoms with van der Waals surface area (Å²) in [4.78, 5) is 14.0. The van der Waals surface area contributed by atoms with Gasteiger partial charge in [0.25, 0.3) is 5.69 Å². The number of nitriles is 1. The van der Waals surface area contributed by atoms with Gasteiger partial charge in [-0.1, -0.05) is 0 Å². The minimum Gasteiger partial charge on any atom is -0.365 e. The average molecular weight is 247 g/mol. The molecule has 7 heteroatoms. The smallest absolute Gasteiger partial charge is 0.289 e. The molecule has 0 saturated heterocycles. The molecule has 0 aliphatic heterocycles. The number of nitrogens with two attached hydrogens (primary N) is 1. The molecule has 0 radical (unpaired) electrons. The molecule has 1 aliphatic rings. The summed E-state index contributed by atoms with van der Waals surface area (Å²) in [6.45, 7) is 0.453. The maximum Gasteiger partial charge on any atom is 0.289 e. The quantitative estimate of drug-likeness (QED) is 0.592. The van der Waals surface area contributed by atoms with Gasteiger partial charge in [0.05, 0.1) is 4.92 Å². The topological polar surface area (TPSA) is 118 Å². The summed E-state index contributed by atoms with van der Waals surface area (Å²) in [6.07, 6.45) is 3.37. The van der Waals surface area contributed by atoms with Crippen LogP contribution < -0.4 is 11.1 Å². The molecule has 2 rings (SSSR count). The van der Waals surface area contributed by atoms with Gasteiger partial charge in [0, 0.05) is 18.7 Å². The van der Waals surface area contributed by atoms with Crippen molar-refractivity contribution in [2.24, 2.45) is 11.7 Å². The van der Waals surface area contributed by atoms with E-state index in [4.69, 9.17) is 11.0 Å². The Kier molecular flexibility index (Phi) is 3.39. The number of nitrogens with one attached hydrogen (secondary N) is 1. The fourth-order valence-corrected chi connectivity index (χ4v) is 1.80. The number of hydrogen-bond acceptors (Lipinski definition) is 6. The van der Waals surface area contributed by atoms with Crippen LogP contribution >= 0.6 is 0 Å². The highest BCUT2D eigenvalue weighted by atomic mass is 16.6. The van der Waals surface area contributed by atoms with E-state index in [2.05, 4.69) is 10.3 Å². The molecule has 1 aromatic rings. The van der Waals surface area contributed by atoms with E-state index in [1.165, 1.54) is 6.07 Å². The van der Waals surface area contributed by atoms with Gasteiger partial charge in [-0.2, -0.15) is 5.26 Å². The summed E-state index contributed by atoms with van der Waals surface area (Å²) in [5.74, 6) is 0.879. The molecule has 7 nitrogen and oxygen atoms in total. The Balaban J connectivity index is 2.22. The van der Waals surface area contributed by atoms with E-state index in [9.17, 15) is 10.1 Å². The molecule has 0 spiro atoms. The first-order chi connectivity index (χ1) is 8.65. The monoisotopic (exact) mass is 247 g/mol. The summed E-state index contributed by atoms with van der Waals surface area (Å²) in [7, 11) is 0. The molecular formula is C11H13N5O2. The van der Waals surface area contributed by atoms with Crippen molar-refractivity contribution in [1.82, 2.24) is 4.98 Å². The Morgan fingerprint density at radius 3 is 2.94 bits per heavy atom. The van der Waals surface area contributed by atoms with Crippen LogP contribution in [-0.2, 0) is 0 Å². The molecule has 0 amide bonds. The Hall–Kier alpha value is -2.20. The molecule has 1 fully saturated rings. The van der Waals surface area contributed by atoms with Crippen molar-refractivity contribution in [3.05, 3.63) is 27.9 Å². The second-order valence-electron chi connectivity index (χ2n) is 4.28. The zero-order chi connectivity index (χ0) is 13.1. The number of aromatic nitrogens is 1. The van der Waals surface area contributed by atoms with Crippen molar-refractivity contribution in [2.75, 3.05) is 11.9 Å². The fraction of sp³-hybridized carbons (Fsp3) is 0.455. The molecule has 94 valence electrons. The summed E-state index contributed by atoms with van der Waals surface area (Å²) in [5.41, 5.74) is 5.63. The Morgan fingerprint density at radius 1 is 1.72 bits per heavy atom. The number of hydrogen-bond donors (Lipinski definition) is 2. The molecule has 18 heavy (non-hydrogen) atoms. The molecule has 0 bridgehead atoms. The van der Waals surface area contributed by atoms with E-state index >= 15 is 0 Å². The van der Waals surface area contributed by atoms with Crippen LogP contribution in [0.5, 0.6) is 0 Å².